The predicted octanol–water partition coefficient (Wildman–Crippen LogP) is 6.25. The van der Waals surface area contributed by atoms with Crippen LogP contribution in [-0.4, -0.2) is 30.1 Å². The molecule has 2 aromatic carbocycles. The van der Waals surface area contributed by atoms with Gasteiger partial charge in [0.2, 0.25) is 0 Å². The molecule has 37 heavy (non-hydrogen) atoms. The van der Waals surface area contributed by atoms with Gasteiger partial charge in [-0.25, -0.2) is 9.37 Å². The predicted molar refractivity (Wildman–Crippen MR) is 145 cm³/mol. The molecule has 0 unspecified atom stereocenters. The van der Waals surface area contributed by atoms with Crippen LogP contribution in [0.3, 0.4) is 0 Å². The van der Waals surface area contributed by atoms with Gasteiger partial charge in [0.25, 0.3) is 5.91 Å². The topological polar surface area (TPSA) is 63.2 Å². The third-order valence-electron chi connectivity index (χ3n) is 7.29. The molecule has 4 aromatic rings. The smallest absolute Gasteiger partial charge is 0.252 e. The zero-order valence-electron chi connectivity index (χ0n) is 20.6. The minimum atomic E-state index is -0.290. The molecule has 5 nitrogen and oxygen atoms in total. The highest BCUT2D eigenvalue weighted by atomic mass is 32.1. The number of hydrogen-bond donors (Lipinski definition) is 2. The number of aromatic nitrogens is 1. The van der Waals surface area contributed by atoms with Crippen LogP contribution in [0.15, 0.2) is 66.0 Å². The highest BCUT2D eigenvalue weighted by molar-refractivity contribution is 7.13. The van der Waals surface area contributed by atoms with Crippen molar-refractivity contribution in [2.75, 3.05) is 13.2 Å². The zero-order valence-corrected chi connectivity index (χ0v) is 21.4. The van der Waals surface area contributed by atoms with E-state index in [4.69, 9.17) is 9.72 Å². The summed E-state index contributed by atoms with van der Waals surface area (Å²) in [5.74, 6) is -0.153. The second kappa shape index (κ2) is 10.7. The Hall–Kier alpha value is -3.13. The number of nitrogens with zero attached hydrogens (tertiary/aromatic N) is 1. The summed E-state index contributed by atoms with van der Waals surface area (Å²) >= 11 is 1.60. The van der Waals surface area contributed by atoms with Gasteiger partial charge in [-0.05, 0) is 73.4 Å². The number of benzene rings is 2. The van der Waals surface area contributed by atoms with E-state index in [9.17, 15) is 9.18 Å². The van der Waals surface area contributed by atoms with E-state index in [0.717, 1.165) is 64.8 Å². The molecule has 1 aliphatic heterocycles. The molecule has 2 aliphatic rings. The van der Waals surface area contributed by atoms with Crippen molar-refractivity contribution in [3.05, 3.63) is 88.6 Å². The molecule has 0 bridgehead atoms. The summed E-state index contributed by atoms with van der Waals surface area (Å²) in [7, 11) is 0. The second-order valence-corrected chi connectivity index (χ2v) is 10.9. The molecule has 2 aromatic heterocycles. The number of hydrogen-bond acceptors (Lipinski definition) is 5. The summed E-state index contributed by atoms with van der Waals surface area (Å²) in [6.07, 6.45) is 4.28. The van der Waals surface area contributed by atoms with Crippen molar-refractivity contribution in [1.29, 1.82) is 0 Å². The van der Waals surface area contributed by atoms with Gasteiger partial charge in [-0.1, -0.05) is 36.4 Å². The fourth-order valence-electron chi connectivity index (χ4n) is 5.29. The lowest BCUT2D eigenvalue weighted by molar-refractivity contribution is 0.0907. The fraction of sp³-hybridized carbons (Fsp3) is 0.333. The van der Waals surface area contributed by atoms with E-state index in [1.807, 2.05) is 47.8 Å². The first-order valence-electron chi connectivity index (χ1n) is 13.0. The lowest BCUT2D eigenvalue weighted by Gasteiger charge is -2.22. The molecule has 0 radical (unpaired) electrons. The van der Waals surface area contributed by atoms with Crippen molar-refractivity contribution in [3.8, 4) is 10.6 Å². The monoisotopic (exact) mass is 515 g/mol. The Morgan fingerprint density at radius 3 is 2.78 bits per heavy atom. The number of carbonyl (C=O) groups excluding carboxylic acids is 1. The molecular formula is C30H30FN3O2S. The molecule has 2 atom stereocenters. The fourth-order valence-corrected chi connectivity index (χ4v) is 6.03. The maximum atomic E-state index is 14.1. The van der Waals surface area contributed by atoms with Crippen LogP contribution in [-0.2, 0) is 11.3 Å². The number of halogens is 1. The van der Waals surface area contributed by atoms with Crippen LogP contribution in [0.25, 0.3) is 21.5 Å². The first kappa shape index (κ1) is 24.2. The average molecular weight is 516 g/mol. The van der Waals surface area contributed by atoms with Gasteiger partial charge >= 0.3 is 0 Å². The molecule has 0 spiro atoms. The third kappa shape index (κ3) is 5.30. The molecule has 1 saturated heterocycles. The van der Waals surface area contributed by atoms with E-state index in [2.05, 4.69) is 10.6 Å². The van der Waals surface area contributed by atoms with E-state index >= 15 is 0 Å². The van der Waals surface area contributed by atoms with Gasteiger partial charge in [-0.2, -0.15) is 0 Å². The highest BCUT2D eigenvalue weighted by Gasteiger charge is 2.35. The molecule has 6 rings (SSSR count). The molecule has 2 fully saturated rings. The van der Waals surface area contributed by atoms with Crippen LogP contribution in [0.4, 0.5) is 4.39 Å². The minimum Gasteiger partial charge on any atom is -0.375 e. The van der Waals surface area contributed by atoms with Crippen LogP contribution in [0.5, 0.6) is 0 Å². The maximum absolute atomic E-state index is 14.1. The maximum Gasteiger partial charge on any atom is 0.252 e. The number of para-hydroxylation sites is 1. The van der Waals surface area contributed by atoms with Crippen molar-refractivity contribution >= 4 is 28.1 Å². The summed E-state index contributed by atoms with van der Waals surface area (Å²) in [4.78, 5) is 20.1. The van der Waals surface area contributed by atoms with Gasteiger partial charge in [-0.3, -0.25) is 4.79 Å². The van der Waals surface area contributed by atoms with Gasteiger partial charge in [0.1, 0.15) is 5.82 Å². The number of thiophene rings is 1. The molecule has 190 valence electrons. The number of amides is 1. The van der Waals surface area contributed by atoms with Crippen molar-refractivity contribution in [2.45, 2.75) is 44.4 Å². The van der Waals surface area contributed by atoms with Gasteiger partial charge < -0.3 is 15.4 Å². The first-order chi connectivity index (χ1) is 18.2. The van der Waals surface area contributed by atoms with E-state index in [1.165, 1.54) is 12.1 Å². The van der Waals surface area contributed by atoms with Crippen molar-refractivity contribution < 1.29 is 13.9 Å². The van der Waals surface area contributed by atoms with Crippen molar-refractivity contribution in [1.82, 2.24) is 15.6 Å². The number of rotatable bonds is 9. The van der Waals surface area contributed by atoms with Crippen LogP contribution >= 0.6 is 11.3 Å². The van der Waals surface area contributed by atoms with Gasteiger partial charge in [0, 0.05) is 17.0 Å². The quantitative estimate of drug-likeness (QED) is 0.277. The Kier molecular flexibility index (Phi) is 7.00. The largest absolute Gasteiger partial charge is 0.375 e. The number of ether oxygens (including phenoxy) is 1. The normalized spacial score (nSPS) is 18.2. The van der Waals surface area contributed by atoms with Crippen LogP contribution in [0, 0.1) is 11.7 Å². The van der Waals surface area contributed by atoms with Gasteiger partial charge in [0.15, 0.2) is 0 Å². The molecule has 1 aliphatic carbocycles. The Bertz CT molecular complexity index is 1400. The second-order valence-electron chi connectivity index (χ2n) is 9.96. The van der Waals surface area contributed by atoms with Gasteiger partial charge in [-0.15, -0.1) is 11.3 Å². The number of fused-ring (bicyclic) bond motifs is 1. The van der Waals surface area contributed by atoms with Crippen LogP contribution < -0.4 is 10.6 Å². The molecule has 2 N–H and O–H groups in total. The van der Waals surface area contributed by atoms with Crippen molar-refractivity contribution in [3.63, 3.8) is 0 Å². The van der Waals surface area contributed by atoms with Gasteiger partial charge in [0.05, 0.1) is 40.9 Å². The molecule has 1 saturated carbocycles. The summed E-state index contributed by atoms with van der Waals surface area (Å²) in [6.45, 7) is 1.90. The summed E-state index contributed by atoms with van der Waals surface area (Å²) in [5.41, 5.74) is 3.75. The average Bonchev–Trinajstić information content (AvgIpc) is 3.35. The Balaban J connectivity index is 1.41. The minimum absolute atomic E-state index is 0.171. The number of pyridine rings is 1. The Morgan fingerprint density at radius 2 is 2.03 bits per heavy atom. The molecule has 3 heterocycles. The molecular weight excluding hydrogens is 485 g/mol. The van der Waals surface area contributed by atoms with E-state index in [-0.39, 0.29) is 17.8 Å². The lowest BCUT2D eigenvalue weighted by Crippen LogP contribution is -2.31. The summed E-state index contributed by atoms with van der Waals surface area (Å²) in [6, 6.07) is 18.5. The molecule has 1 amide bonds. The van der Waals surface area contributed by atoms with Crippen LogP contribution in [0.2, 0.25) is 0 Å². The SMILES string of the molecule is O=C(N[C@H](c1cccc(F)c1)C1CC1)c1c(COC[C@@H]2CCCN2)c(-c2cccs2)nc2ccccc12. The van der Waals surface area contributed by atoms with E-state index in [1.54, 1.807) is 17.4 Å². The summed E-state index contributed by atoms with van der Waals surface area (Å²) in [5, 5.41) is 9.57. The Labute approximate surface area is 220 Å². The summed E-state index contributed by atoms with van der Waals surface area (Å²) < 4.78 is 20.3. The lowest BCUT2D eigenvalue weighted by atomic mass is 9.97. The first-order valence-corrected chi connectivity index (χ1v) is 13.9. The highest BCUT2D eigenvalue weighted by Crippen LogP contribution is 2.42. The Morgan fingerprint density at radius 1 is 1.14 bits per heavy atom. The van der Waals surface area contributed by atoms with E-state index in [0.29, 0.717) is 30.7 Å². The van der Waals surface area contributed by atoms with E-state index < -0.39 is 0 Å². The zero-order chi connectivity index (χ0) is 25.2. The number of carbonyl (C=O) groups is 1. The third-order valence-corrected chi connectivity index (χ3v) is 8.17. The molecule has 7 heteroatoms. The van der Waals surface area contributed by atoms with Crippen LogP contribution in [0.1, 0.15) is 53.2 Å². The van der Waals surface area contributed by atoms with Crippen molar-refractivity contribution in [2.24, 2.45) is 5.92 Å². The number of nitrogens with one attached hydrogen (secondary N) is 2. The standard InChI is InChI=1S/C30H30FN3O2S/c31-21-7-3-6-20(16-21)28(19-12-13-19)34-30(35)27-23-9-1-2-10-25(23)33-29(26-11-5-15-37-26)24(27)18-36-17-22-8-4-14-32-22/h1-3,5-7,9-11,15-16,19,22,28,32H,4,8,12-14,17-18H2,(H,34,35)/t22-,28-/m0/s1.